The Labute approximate surface area is 93.5 Å². The monoisotopic (exact) mass is 206 g/mol. The van der Waals surface area contributed by atoms with E-state index in [2.05, 4.69) is 52.8 Å². The standard InChI is InChI=1S/C14H22O/c1-6-14(4,5)12-8-7-9-13(10-12)15-11(2)3/h7-11H,6H2,1-5H3. The summed E-state index contributed by atoms with van der Waals surface area (Å²) in [6.45, 7) is 10.9. The summed E-state index contributed by atoms with van der Waals surface area (Å²) >= 11 is 0. The molecule has 1 nitrogen and oxygen atoms in total. The molecule has 0 aliphatic heterocycles. The number of benzene rings is 1. The fourth-order valence-corrected chi connectivity index (χ4v) is 1.47. The summed E-state index contributed by atoms with van der Waals surface area (Å²) in [4.78, 5) is 0. The van der Waals surface area contributed by atoms with Gasteiger partial charge in [0.25, 0.3) is 0 Å². The topological polar surface area (TPSA) is 9.23 Å². The van der Waals surface area contributed by atoms with Gasteiger partial charge < -0.3 is 4.74 Å². The van der Waals surface area contributed by atoms with Crippen LogP contribution in [0.1, 0.15) is 46.6 Å². The lowest BCUT2D eigenvalue weighted by Crippen LogP contribution is -2.15. The third kappa shape index (κ3) is 3.26. The van der Waals surface area contributed by atoms with Crippen molar-refractivity contribution in [2.45, 2.75) is 52.6 Å². The summed E-state index contributed by atoms with van der Waals surface area (Å²) in [5, 5.41) is 0. The lowest BCUT2D eigenvalue weighted by Gasteiger charge is -2.24. The molecule has 84 valence electrons. The van der Waals surface area contributed by atoms with Crippen LogP contribution in [0.5, 0.6) is 5.75 Å². The first-order chi connectivity index (χ1) is 6.95. The molecule has 0 bridgehead atoms. The van der Waals surface area contributed by atoms with Gasteiger partial charge in [-0.3, -0.25) is 0 Å². The van der Waals surface area contributed by atoms with Gasteiger partial charge in [-0.2, -0.15) is 0 Å². The van der Waals surface area contributed by atoms with Crippen molar-refractivity contribution in [3.05, 3.63) is 29.8 Å². The number of ether oxygens (including phenoxy) is 1. The molecule has 0 spiro atoms. The van der Waals surface area contributed by atoms with Gasteiger partial charge in [0.1, 0.15) is 5.75 Å². The van der Waals surface area contributed by atoms with Crippen LogP contribution >= 0.6 is 0 Å². The van der Waals surface area contributed by atoms with Gasteiger partial charge in [-0.1, -0.05) is 32.9 Å². The van der Waals surface area contributed by atoms with Gasteiger partial charge in [-0.25, -0.2) is 0 Å². The van der Waals surface area contributed by atoms with Crippen LogP contribution in [0.4, 0.5) is 0 Å². The Morgan fingerprint density at radius 2 is 1.93 bits per heavy atom. The smallest absolute Gasteiger partial charge is 0.119 e. The van der Waals surface area contributed by atoms with Gasteiger partial charge in [0.2, 0.25) is 0 Å². The molecule has 1 aromatic carbocycles. The molecule has 0 saturated carbocycles. The molecule has 0 amide bonds. The van der Waals surface area contributed by atoms with Crippen LogP contribution in [-0.4, -0.2) is 6.10 Å². The van der Waals surface area contributed by atoms with Crippen molar-refractivity contribution in [2.24, 2.45) is 0 Å². The molecule has 0 radical (unpaired) electrons. The zero-order chi connectivity index (χ0) is 11.5. The van der Waals surface area contributed by atoms with Crippen LogP contribution in [0, 0.1) is 0 Å². The average molecular weight is 206 g/mol. The summed E-state index contributed by atoms with van der Waals surface area (Å²) < 4.78 is 5.69. The Kier molecular flexibility index (Phi) is 3.78. The first kappa shape index (κ1) is 12.1. The molecule has 15 heavy (non-hydrogen) atoms. The normalized spacial score (nSPS) is 11.9. The van der Waals surface area contributed by atoms with Crippen molar-refractivity contribution >= 4 is 0 Å². The molecule has 0 unspecified atom stereocenters. The van der Waals surface area contributed by atoms with Gasteiger partial charge >= 0.3 is 0 Å². The van der Waals surface area contributed by atoms with Gasteiger partial charge in [-0.15, -0.1) is 0 Å². The predicted octanol–water partition coefficient (Wildman–Crippen LogP) is 4.16. The van der Waals surface area contributed by atoms with Gasteiger partial charge in [-0.05, 0) is 43.4 Å². The highest BCUT2D eigenvalue weighted by Crippen LogP contribution is 2.29. The quantitative estimate of drug-likeness (QED) is 0.718. The van der Waals surface area contributed by atoms with E-state index in [1.807, 2.05) is 6.07 Å². The third-order valence-electron chi connectivity index (χ3n) is 2.87. The molecule has 0 heterocycles. The van der Waals surface area contributed by atoms with Crippen molar-refractivity contribution in [3.8, 4) is 5.75 Å². The molecule has 0 fully saturated rings. The van der Waals surface area contributed by atoms with Crippen LogP contribution in [0.3, 0.4) is 0 Å². The van der Waals surface area contributed by atoms with Gasteiger partial charge in [0.15, 0.2) is 0 Å². The first-order valence-electron chi connectivity index (χ1n) is 5.73. The second kappa shape index (κ2) is 4.69. The van der Waals surface area contributed by atoms with E-state index in [1.54, 1.807) is 0 Å². The second-order valence-corrected chi connectivity index (χ2v) is 4.93. The average Bonchev–Trinajstić information content (AvgIpc) is 2.17. The van der Waals surface area contributed by atoms with E-state index in [-0.39, 0.29) is 11.5 Å². The molecule has 0 aliphatic carbocycles. The Morgan fingerprint density at radius 3 is 2.47 bits per heavy atom. The van der Waals surface area contributed by atoms with Crippen LogP contribution < -0.4 is 4.74 Å². The highest BCUT2D eigenvalue weighted by molar-refractivity contribution is 5.33. The minimum absolute atomic E-state index is 0.232. The van der Waals surface area contributed by atoms with Crippen LogP contribution in [0.15, 0.2) is 24.3 Å². The van der Waals surface area contributed by atoms with E-state index in [0.29, 0.717) is 0 Å². The lowest BCUT2D eigenvalue weighted by molar-refractivity contribution is 0.242. The molecule has 0 N–H and O–H groups in total. The third-order valence-corrected chi connectivity index (χ3v) is 2.87. The highest BCUT2D eigenvalue weighted by atomic mass is 16.5. The molecule has 0 aromatic heterocycles. The molecular formula is C14H22O. The Morgan fingerprint density at radius 1 is 1.27 bits per heavy atom. The predicted molar refractivity (Wildman–Crippen MR) is 65.5 cm³/mol. The van der Waals surface area contributed by atoms with Crippen molar-refractivity contribution in [1.82, 2.24) is 0 Å². The zero-order valence-electron chi connectivity index (χ0n) is 10.5. The van der Waals surface area contributed by atoms with E-state index in [4.69, 9.17) is 4.74 Å². The van der Waals surface area contributed by atoms with E-state index in [9.17, 15) is 0 Å². The first-order valence-corrected chi connectivity index (χ1v) is 5.73. The Hall–Kier alpha value is -0.980. The SMILES string of the molecule is CCC(C)(C)c1cccc(OC(C)C)c1. The minimum Gasteiger partial charge on any atom is -0.491 e. The fraction of sp³-hybridized carbons (Fsp3) is 0.571. The Balaban J connectivity index is 2.92. The highest BCUT2D eigenvalue weighted by Gasteiger charge is 2.18. The molecule has 1 heteroatoms. The van der Waals surface area contributed by atoms with E-state index in [1.165, 1.54) is 5.56 Å². The summed E-state index contributed by atoms with van der Waals surface area (Å²) in [6.07, 6.45) is 1.38. The maximum Gasteiger partial charge on any atom is 0.119 e. The zero-order valence-corrected chi connectivity index (χ0v) is 10.5. The second-order valence-electron chi connectivity index (χ2n) is 4.93. The van der Waals surface area contributed by atoms with Crippen LogP contribution in [0.2, 0.25) is 0 Å². The fourth-order valence-electron chi connectivity index (χ4n) is 1.47. The molecule has 1 rings (SSSR count). The molecule has 0 saturated heterocycles. The van der Waals surface area contributed by atoms with E-state index < -0.39 is 0 Å². The van der Waals surface area contributed by atoms with Crippen molar-refractivity contribution < 1.29 is 4.74 Å². The maximum absolute atomic E-state index is 5.69. The van der Waals surface area contributed by atoms with Crippen molar-refractivity contribution in [3.63, 3.8) is 0 Å². The summed E-state index contributed by atoms with van der Waals surface area (Å²) in [5.74, 6) is 0.976. The van der Waals surface area contributed by atoms with Gasteiger partial charge in [0.05, 0.1) is 6.10 Å². The van der Waals surface area contributed by atoms with E-state index >= 15 is 0 Å². The summed E-state index contributed by atoms with van der Waals surface area (Å²) in [7, 11) is 0. The molecular weight excluding hydrogens is 184 g/mol. The van der Waals surface area contributed by atoms with Crippen LogP contribution in [0.25, 0.3) is 0 Å². The Bertz CT molecular complexity index is 313. The van der Waals surface area contributed by atoms with Crippen LogP contribution in [-0.2, 0) is 5.41 Å². The summed E-state index contributed by atoms with van der Waals surface area (Å²) in [5.41, 5.74) is 1.58. The number of hydrogen-bond donors (Lipinski definition) is 0. The number of hydrogen-bond acceptors (Lipinski definition) is 1. The lowest BCUT2D eigenvalue weighted by atomic mass is 9.82. The van der Waals surface area contributed by atoms with E-state index in [0.717, 1.165) is 12.2 Å². The maximum atomic E-state index is 5.69. The number of rotatable bonds is 4. The molecule has 1 aromatic rings. The van der Waals surface area contributed by atoms with Gasteiger partial charge in [0, 0.05) is 0 Å². The van der Waals surface area contributed by atoms with Crippen molar-refractivity contribution in [2.75, 3.05) is 0 Å². The van der Waals surface area contributed by atoms with Crippen molar-refractivity contribution in [1.29, 1.82) is 0 Å². The minimum atomic E-state index is 0.232. The molecule has 0 atom stereocenters. The largest absolute Gasteiger partial charge is 0.491 e. The molecule has 0 aliphatic rings. The summed E-state index contributed by atoms with van der Waals surface area (Å²) in [6, 6.07) is 8.43.